The first-order valence-corrected chi connectivity index (χ1v) is 7.15. The monoisotopic (exact) mass is 300 g/mol. The van der Waals surface area contributed by atoms with E-state index in [9.17, 15) is 4.79 Å². The number of methoxy groups -OCH3 is 1. The SMILES string of the molecule is CCOC(=O)C(c1nc(CCOCCOC)no1)C(C)C. The molecule has 7 nitrogen and oxygen atoms in total. The minimum atomic E-state index is -0.527. The smallest absolute Gasteiger partial charge is 0.318 e. The molecule has 0 saturated carbocycles. The van der Waals surface area contributed by atoms with Crippen LogP contribution in [-0.2, 0) is 25.4 Å². The minimum absolute atomic E-state index is 0.0234. The van der Waals surface area contributed by atoms with Crippen LogP contribution in [0.5, 0.6) is 0 Å². The van der Waals surface area contributed by atoms with Crippen LogP contribution in [0.3, 0.4) is 0 Å². The van der Waals surface area contributed by atoms with Gasteiger partial charge in [0.25, 0.3) is 0 Å². The van der Waals surface area contributed by atoms with E-state index in [2.05, 4.69) is 10.1 Å². The summed E-state index contributed by atoms with van der Waals surface area (Å²) in [7, 11) is 1.62. The molecule has 1 aromatic heterocycles. The quantitative estimate of drug-likeness (QED) is 0.479. The van der Waals surface area contributed by atoms with Crippen LogP contribution in [0.2, 0.25) is 0 Å². The highest BCUT2D eigenvalue weighted by Gasteiger charge is 2.31. The largest absolute Gasteiger partial charge is 0.465 e. The molecule has 0 fully saturated rings. The zero-order valence-electron chi connectivity index (χ0n) is 13.1. The number of ether oxygens (including phenoxy) is 3. The Hall–Kier alpha value is -1.47. The molecule has 0 aromatic carbocycles. The first-order valence-electron chi connectivity index (χ1n) is 7.15. The summed E-state index contributed by atoms with van der Waals surface area (Å²) in [5.74, 6) is -0.0114. The Balaban J connectivity index is 2.56. The Morgan fingerprint density at radius 1 is 1.29 bits per heavy atom. The molecule has 0 aliphatic carbocycles. The predicted octanol–water partition coefficient (Wildman–Crippen LogP) is 1.58. The standard InChI is InChI=1S/C14H24N2O5/c1-5-20-14(17)12(10(2)3)13-15-11(16-21-13)6-7-19-9-8-18-4/h10,12H,5-9H2,1-4H3. The van der Waals surface area contributed by atoms with Gasteiger partial charge in [-0.25, -0.2) is 0 Å². The van der Waals surface area contributed by atoms with Crippen LogP contribution in [0.4, 0.5) is 0 Å². The molecule has 1 aromatic rings. The lowest BCUT2D eigenvalue weighted by atomic mass is 9.96. The number of nitrogens with zero attached hydrogens (tertiary/aromatic N) is 2. The molecule has 0 N–H and O–H groups in total. The molecule has 21 heavy (non-hydrogen) atoms. The zero-order chi connectivity index (χ0) is 15.7. The van der Waals surface area contributed by atoms with Gasteiger partial charge in [0.15, 0.2) is 5.82 Å². The second-order valence-electron chi connectivity index (χ2n) is 4.88. The summed E-state index contributed by atoms with van der Waals surface area (Å²) >= 11 is 0. The summed E-state index contributed by atoms with van der Waals surface area (Å²) in [6, 6.07) is 0. The summed E-state index contributed by atoms with van der Waals surface area (Å²) < 4.78 is 20.5. The van der Waals surface area contributed by atoms with Gasteiger partial charge in [0.2, 0.25) is 5.89 Å². The number of hydrogen-bond acceptors (Lipinski definition) is 7. The second kappa shape index (κ2) is 9.46. The van der Waals surface area contributed by atoms with Crippen molar-refractivity contribution in [2.45, 2.75) is 33.1 Å². The van der Waals surface area contributed by atoms with Crippen molar-refractivity contribution >= 4 is 5.97 Å². The Morgan fingerprint density at radius 2 is 2.05 bits per heavy atom. The van der Waals surface area contributed by atoms with Crippen LogP contribution in [0, 0.1) is 5.92 Å². The fourth-order valence-electron chi connectivity index (χ4n) is 1.79. The fraction of sp³-hybridized carbons (Fsp3) is 0.786. The maximum atomic E-state index is 11.9. The van der Waals surface area contributed by atoms with E-state index in [-0.39, 0.29) is 11.9 Å². The molecule has 0 amide bonds. The van der Waals surface area contributed by atoms with Crippen molar-refractivity contribution in [3.63, 3.8) is 0 Å². The average Bonchev–Trinajstić information content (AvgIpc) is 2.87. The highest BCUT2D eigenvalue weighted by Crippen LogP contribution is 2.24. The van der Waals surface area contributed by atoms with Gasteiger partial charge in [-0.1, -0.05) is 19.0 Å². The average molecular weight is 300 g/mol. The summed E-state index contributed by atoms with van der Waals surface area (Å²) in [6.07, 6.45) is 0.529. The zero-order valence-corrected chi connectivity index (χ0v) is 13.1. The van der Waals surface area contributed by atoms with Gasteiger partial charge in [-0.3, -0.25) is 4.79 Å². The number of esters is 1. The molecule has 1 heterocycles. The lowest BCUT2D eigenvalue weighted by Gasteiger charge is -2.14. The minimum Gasteiger partial charge on any atom is -0.465 e. The maximum absolute atomic E-state index is 11.9. The third-order valence-electron chi connectivity index (χ3n) is 2.86. The number of aromatic nitrogens is 2. The van der Waals surface area contributed by atoms with Crippen molar-refractivity contribution in [3.8, 4) is 0 Å². The summed E-state index contributed by atoms with van der Waals surface area (Å²) in [5.41, 5.74) is 0. The molecule has 7 heteroatoms. The fourth-order valence-corrected chi connectivity index (χ4v) is 1.79. The molecule has 120 valence electrons. The summed E-state index contributed by atoms with van der Waals surface area (Å²) in [6.45, 7) is 7.49. The Morgan fingerprint density at radius 3 is 2.67 bits per heavy atom. The van der Waals surface area contributed by atoms with Gasteiger partial charge in [0.1, 0.15) is 5.92 Å². The number of carbonyl (C=O) groups is 1. The highest BCUT2D eigenvalue weighted by molar-refractivity contribution is 5.77. The second-order valence-corrected chi connectivity index (χ2v) is 4.88. The molecule has 0 bridgehead atoms. The van der Waals surface area contributed by atoms with Crippen LogP contribution in [0.15, 0.2) is 4.52 Å². The van der Waals surface area contributed by atoms with Crippen LogP contribution in [-0.4, -0.2) is 49.6 Å². The first kappa shape index (κ1) is 17.6. The molecule has 1 unspecified atom stereocenters. The van der Waals surface area contributed by atoms with Crippen molar-refractivity contribution in [1.29, 1.82) is 0 Å². The van der Waals surface area contributed by atoms with E-state index in [0.717, 1.165) is 0 Å². The van der Waals surface area contributed by atoms with Crippen LogP contribution in [0.1, 0.15) is 38.4 Å². The normalized spacial score (nSPS) is 12.6. The molecule has 1 atom stereocenters. The number of carbonyl (C=O) groups excluding carboxylic acids is 1. The van der Waals surface area contributed by atoms with E-state index >= 15 is 0 Å². The Labute approximate surface area is 124 Å². The van der Waals surface area contributed by atoms with Crippen molar-refractivity contribution in [1.82, 2.24) is 10.1 Å². The van der Waals surface area contributed by atoms with Gasteiger partial charge in [0, 0.05) is 13.5 Å². The van der Waals surface area contributed by atoms with Gasteiger partial charge in [-0.2, -0.15) is 4.98 Å². The van der Waals surface area contributed by atoms with Gasteiger partial charge in [-0.05, 0) is 12.8 Å². The molecule has 0 spiro atoms. The van der Waals surface area contributed by atoms with E-state index in [1.807, 2.05) is 13.8 Å². The Kier molecular flexibility index (Phi) is 7.92. The number of hydrogen-bond donors (Lipinski definition) is 0. The van der Waals surface area contributed by atoms with Crippen molar-refractivity contribution in [2.75, 3.05) is 33.5 Å². The van der Waals surface area contributed by atoms with Gasteiger partial charge < -0.3 is 18.7 Å². The Bertz CT molecular complexity index is 419. The van der Waals surface area contributed by atoms with Crippen LogP contribution < -0.4 is 0 Å². The van der Waals surface area contributed by atoms with E-state index in [1.54, 1.807) is 14.0 Å². The van der Waals surface area contributed by atoms with Crippen LogP contribution >= 0.6 is 0 Å². The van der Waals surface area contributed by atoms with E-state index in [1.165, 1.54) is 0 Å². The predicted molar refractivity (Wildman–Crippen MR) is 74.9 cm³/mol. The summed E-state index contributed by atoms with van der Waals surface area (Å²) in [4.78, 5) is 16.2. The molecular weight excluding hydrogens is 276 g/mol. The van der Waals surface area contributed by atoms with Gasteiger partial charge in [-0.15, -0.1) is 0 Å². The van der Waals surface area contributed by atoms with Gasteiger partial charge >= 0.3 is 5.97 Å². The molecule has 0 aliphatic rings. The molecular formula is C14H24N2O5. The molecule has 1 rings (SSSR count). The third-order valence-corrected chi connectivity index (χ3v) is 2.86. The maximum Gasteiger partial charge on any atom is 0.318 e. The highest BCUT2D eigenvalue weighted by atomic mass is 16.5. The number of rotatable bonds is 10. The van der Waals surface area contributed by atoms with E-state index < -0.39 is 5.92 Å². The van der Waals surface area contributed by atoms with Crippen molar-refractivity contribution in [3.05, 3.63) is 11.7 Å². The van der Waals surface area contributed by atoms with E-state index in [4.69, 9.17) is 18.7 Å². The van der Waals surface area contributed by atoms with Crippen molar-refractivity contribution in [2.24, 2.45) is 5.92 Å². The van der Waals surface area contributed by atoms with Gasteiger partial charge in [0.05, 0.1) is 26.4 Å². The lowest BCUT2D eigenvalue weighted by Crippen LogP contribution is -2.21. The van der Waals surface area contributed by atoms with E-state index in [0.29, 0.717) is 44.6 Å². The first-order chi connectivity index (χ1) is 10.1. The lowest BCUT2D eigenvalue weighted by molar-refractivity contribution is -0.146. The van der Waals surface area contributed by atoms with Crippen molar-refractivity contribution < 1.29 is 23.5 Å². The molecule has 0 saturated heterocycles. The topological polar surface area (TPSA) is 83.7 Å². The molecule has 0 radical (unpaired) electrons. The molecule has 0 aliphatic heterocycles. The summed E-state index contributed by atoms with van der Waals surface area (Å²) in [5, 5.41) is 3.87. The van der Waals surface area contributed by atoms with Crippen LogP contribution in [0.25, 0.3) is 0 Å². The third kappa shape index (κ3) is 5.81.